The average molecular weight is 588 g/mol. The van der Waals surface area contributed by atoms with E-state index in [0.717, 1.165) is 27.2 Å². The van der Waals surface area contributed by atoms with E-state index in [9.17, 15) is 4.79 Å². The summed E-state index contributed by atoms with van der Waals surface area (Å²) in [6, 6.07) is 20.5. The maximum Gasteiger partial charge on any atom is 0.234 e. The molecule has 4 aromatic rings. The van der Waals surface area contributed by atoms with E-state index in [1.54, 1.807) is 24.3 Å². The van der Waals surface area contributed by atoms with Crippen LogP contribution >= 0.6 is 39.3 Å². The third-order valence-corrected chi connectivity index (χ3v) is 6.76. The van der Waals surface area contributed by atoms with Crippen LogP contribution in [-0.2, 0) is 11.4 Å². The van der Waals surface area contributed by atoms with Crippen molar-refractivity contribution in [2.75, 3.05) is 17.7 Å². The topological polar surface area (TPSA) is 78.3 Å². The summed E-state index contributed by atoms with van der Waals surface area (Å²) < 4.78 is 14.3. The Kier molecular flexibility index (Phi) is 8.90. The second-order valence-electron chi connectivity index (χ2n) is 7.70. The number of hydrogen-bond donors (Lipinski definition) is 1. The van der Waals surface area contributed by atoms with Gasteiger partial charge in [0, 0.05) is 20.9 Å². The molecule has 36 heavy (non-hydrogen) atoms. The quantitative estimate of drug-likeness (QED) is 0.208. The maximum atomic E-state index is 12.7. The first-order chi connectivity index (χ1) is 17.4. The van der Waals surface area contributed by atoms with E-state index in [1.807, 2.05) is 60.9 Å². The first-order valence-electron chi connectivity index (χ1n) is 11.2. The molecule has 1 N–H and O–H groups in total. The summed E-state index contributed by atoms with van der Waals surface area (Å²) in [5.74, 6) is 2.07. The van der Waals surface area contributed by atoms with Gasteiger partial charge in [0.05, 0.1) is 12.4 Å². The molecular weight excluding hydrogens is 564 g/mol. The SMILES string of the molecule is CCOc1ccc(-n2c(COc3ccc(Cl)cc3)nnc2SCC(=O)Nc2ccc(Br)cc2C)cc1. The number of anilines is 1. The van der Waals surface area contributed by atoms with Crippen molar-refractivity contribution in [3.8, 4) is 17.2 Å². The fourth-order valence-electron chi connectivity index (χ4n) is 3.37. The molecule has 0 saturated heterocycles. The highest BCUT2D eigenvalue weighted by molar-refractivity contribution is 9.10. The molecule has 1 amide bonds. The number of halogens is 2. The van der Waals surface area contributed by atoms with E-state index in [2.05, 4.69) is 31.4 Å². The summed E-state index contributed by atoms with van der Waals surface area (Å²) in [6.07, 6.45) is 0. The Balaban J connectivity index is 1.52. The van der Waals surface area contributed by atoms with Crippen molar-refractivity contribution in [2.45, 2.75) is 25.6 Å². The van der Waals surface area contributed by atoms with Gasteiger partial charge in [0.15, 0.2) is 11.0 Å². The Labute approximate surface area is 227 Å². The Morgan fingerprint density at radius 3 is 2.42 bits per heavy atom. The highest BCUT2D eigenvalue weighted by Gasteiger charge is 2.17. The molecule has 4 rings (SSSR count). The molecule has 1 aromatic heterocycles. The first-order valence-corrected chi connectivity index (χ1v) is 13.3. The van der Waals surface area contributed by atoms with Crippen molar-refractivity contribution < 1.29 is 14.3 Å². The average Bonchev–Trinajstić information content (AvgIpc) is 3.27. The molecule has 0 bridgehead atoms. The zero-order valence-electron chi connectivity index (χ0n) is 19.7. The molecule has 0 aliphatic carbocycles. The Hall–Kier alpha value is -3.01. The fourth-order valence-corrected chi connectivity index (χ4v) is 4.74. The summed E-state index contributed by atoms with van der Waals surface area (Å²) in [5, 5.41) is 12.9. The van der Waals surface area contributed by atoms with E-state index in [0.29, 0.717) is 28.4 Å². The van der Waals surface area contributed by atoms with Gasteiger partial charge < -0.3 is 14.8 Å². The predicted molar refractivity (Wildman–Crippen MR) is 147 cm³/mol. The lowest BCUT2D eigenvalue weighted by molar-refractivity contribution is -0.113. The van der Waals surface area contributed by atoms with Crippen LogP contribution in [0.15, 0.2) is 76.4 Å². The van der Waals surface area contributed by atoms with Crippen molar-refractivity contribution in [1.29, 1.82) is 0 Å². The largest absolute Gasteiger partial charge is 0.494 e. The van der Waals surface area contributed by atoms with Gasteiger partial charge in [-0.2, -0.15) is 0 Å². The number of aromatic nitrogens is 3. The van der Waals surface area contributed by atoms with Crippen LogP contribution in [0.3, 0.4) is 0 Å². The lowest BCUT2D eigenvalue weighted by Crippen LogP contribution is -2.15. The number of nitrogens with one attached hydrogen (secondary N) is 1. The number of carbonyl (C=O) groups excluding carboxylic acids is 1. The van der Waals surface area contributed by atoms with Crippen LogP contribution < -0.4 is 14.8 Å². The number of hydrogen-bond acceptors (Lipinski definition) is 6. The van der Waals surface area contributed by atoms with Crippen molar-refractivity contribution >= 4 is 50.9 Å². The van der Waals surface area contributed by atoms with Gasteiger partial charge in [-0.25, -0.2) is 0 Å². The molecule has 0 fully saturated rings. The number of thioether (sulfide) groups is 1. The van der Waals surface area contributed by atoms with Gasteiger partial charge in [0.1, 0.15) is 18.1 Å². The molecule has 186 valence electrons. The summed E-state index contributed by atoms with van der Waals surface area (Å²) in [7, 11) is 0. The first kappa shape index (κ1) is 26.1. The van der Waals surface area contributed by atoms with E-state index in [1.165, 1.54) is 11.8 Å². The van der Waals surface area contributed by atoms with Gasteiger partial charge in [-0.3, -0.25) is 9.36 Å². The lowest BCUT2D eigenvalue weighted by atomic mass is 10.2. The van der Waals surface area contributed by atoms with Gasteiger partial charge in [-0.1, -0.05) is 39.3 Å². The standard InChI is InChI=1S/C26H24BrClN4O3S/c1-3-34-21-11-7-20(8-12-21)32-24(15-35-22-9-5-19(28)6-10-22)30-31-26(32)36-16-25(33)29-23-13-4-18(27)14-17(23)2/h4-14H,3,15-16H2,1-2H3,(H,29,33). The maximum absolute atomic E-state index is 12.7. The van der Waals surface area contributed by atoms with Gasteiger partial charge in [0.2, 0.25) is 5.91 Å². The van der Waals surface area contributed by atoms with Crippen molar-refractivity contribution in [1.82, 2.24) is 14.8 Å². The van der Waals surface area contributed by atoms with E-state index < -0.39 is 0 Å². The van der Waals surface area contributed by atoms with Crippen molar-refractivity contribution in [2.24, 2.45) is 0 Å². The van der Waals surface area contributed by atoms with Crippen molar-refractivity contribution in [3.63, 3.8) is 0 Å². The summed E-state index contributed by atoms with van der Waals surface area (Å²) >= 11 is 10.7. The molecule has 0 radical (unpaired) electrons. The minimum absolute atomic E-state index is 0.134. The highest BCUT2D eigenvalue weighted by Crippen LogP contribution is 2.26. The Morgan fingerprint density at radius 2 is 1.72 bits per heavy atom. The van der Waals surface area contributed by atoms with Crippen LogP contribution in [0.4, 0.5) is 5.69 Å². The molecule has 0 unspecified atom stereocenters. The number of amides is 1. The molecule has 7 nitrogen and oxygen atoms in total. The van der Waals surface area contributed by atoms with Gasteiger partial charge in [-0.05, 0) is 86.1 Å². The predicted octanol–water partition coefficient (Wildman–Crippen LogP) is 6.70. The number of ether oxygens (including phenoxy) is 2. The Bertz CT molecular complexity index is 1330. The number of nitrogens with zero attached hydrogens (tertiary/aromatic N) is 3. The van der Waals surface area contributed by atoms with E-state index in [-0.39, 0.29) is 18.3 Å². The molecule has 3 aromatic carbocycles. The molecular formula is C26H24BrClN4O3S. The number of aryl methyl sites for hydroxylation is 1. The van der Waals surface area contributed by atoms with E-state index in [4.69, 9.17) is 21.1 Å². The summed E-state index contributed by atoms with van der Waals surface area (Å²) in [6.45, 7) is 4.66. The van der Waals surface area contributed by atoms with Crippen LogP contribution in [0.1, 0.15) is 18.3 Å². The third kappa shape index (κ3) is 6.81. The number of benzene rings is 3. The van der Waals surface area contributed by atoms with Crippen LogP contribution in [0.2, 0.25) is 5.02 Å². The smallest absolute Gasteiger partial charge is 0.234 e. The summed E-state index contributed by atoms with van der Waals surface area (Å²) in [5.41, 5.74) is 2.58. The zero-order valence-corrected chi connectivity index (χ0v) is 22.9. The number of rotatable bonds is 10. The minimum atomic E-state index is -0.134. The molecule has 0 atom stereocenters. The fraction of sp³-hybridized carbons (Fsp3) is 0.192. The normalized spacial score (nSPS) is 10.8. The van der Waals surface area contributed by atoms with Gasteiger partial charge in [0.25, 0.3) is 0 Å². The van der Waals surface area contributed by atoms with E-state index >= 15 is 0 Å². The summed E-state index contributed by atoms with van der Waals surface area (Å²) in [4.78, 5) is 12.7. The molecule has 0 aliphatic rings. The molecule has 10 heteroatoms. The Morgan fingerprint density at radius 1 is 1.03 bits per heavy atom. The second kappa shape index (κ2) is 12.3. The number of carbonyl (C=O) groups is 1. The van der Waals surface area contributed by atoms with Crippen LogP contribution in [0.5, 0.6) is 11.5 Å². The van der Waals surface area contributed by atoms with Crippen LogP contribution in [-0.4, -0.2) is 33.0 Å². The molecule has 0 aliphatic heterocycles. The minimum Gasteiger partial charge on any atom is -0.494 e. The van der Waals surface area contributed by atoms with Crippen LogP contribution in [0, 0.1) is 6.92 Å². The van der Waals surface area contributed by atoms with Gasteiger partial charge >= 0.3 is 0 Å². The van der Waals surface area contributed by atoms with Crippen LogP contribution in [0.25, 0.3) is 5.69 Å². The molecule has 0 spiro atoms. The second-order valence-corrected chi connectivity index (χ2v) is 9.99. The third-order valence-electron chi connectivity index (χ3n) is 5.08. The monoisotopic (exact) mass is 586 g/mol. The molecule has 0 saturated carbocycles. The highest BCUT2D eigenvalue weighted by atomic mass is 79.9. The lowest BCUT2D eigenvalue weighted by Gasteiger charge is -2.12. The van der Waals surface area contributed by atoms with Crippen molar-refractivity contribution in [3.05, 3.63) is 87.6 Å². The zero-order chi connectivity index (χ0) is 25.5. The van der Waals surface area contributed by atoms with Gasteiger partial charge in [-0.15, -0.1) is 10.2 Å². The molecule has 1 heterocycles.